The van der Waals surface area contributed by atoms with Crippen molar-refractivity contribution in [2.75, 3.05) is 5.32 Å². The normalized spacial score (nSPS) is 20.3. The van der Waals surface area contributed by atoms with Crippen LogP contribution in [-0.4, -0.2) is 23.1 Å². The Bertz CT molecular complexity index is 578. The van der Waals surface area contributed by atoms with Gasteiger partial charge in [0.2, 0.25) is 0 Å². The first-order valence-corrected chi connectivity index (χ1v) is 7.92. The molecule has 116 valence electrons. The third-order valence-corrected chi connectivity index (χ3v) is 5.25. The molecule has 21 heavy (non-hydrogen) atoms. The van der Waals surface area contributed by atoms with Gasteiger partial charge in [0.15, 0.2) is 0 Å². The zero-order valence-corrected chi connectivity index (χ0v) is 13.7. The van der Waals surface area contributed by atoms with Crippen molar-refractivity contribution < 1.29 is 14.7 Å². The van der Waals surface area contributed by atoms with Gasteiger partial charge in [-0.15, -0.1) is 11.3 Å². The van der Waals surface area contributed by atoms with Crippen molar-refractivity contribution in [1.29, 1.82) is 0 Å². The minimum absolute atomic E-state index is 0.162. The van der Waals surface area contributed by atoms with E-state index in [1.165, 1.54) is 11.3 Å². The number of carboxylic acids is 1. The summed E-state index contributed by atoms with van der Waals surface area (Å²) in [6, 6.07) is -0.156. The highest BCUT2D eigenvalue weighted by Gasteiger charge is 2.32. The van der Waals surface area contributed by atoms with Crippen LogP contribution in [-0.2, 0) is 0 Å². The Hall–Kier alpha value is -1.56. The van der Waals surface area contributed by atoms with E-state index in [1.54, 1.807) is 6.92 Å². The van der Waals surface area contributed by atoms with Crippen LogP contribution in [0, 0.1) is 19.3 Å². The monoisotopic (exact) mass is 310 g/mol. The second-order valence-electron chi connectivity index (χ2n) is 6.49. The quantitative estimate of drug-likeness (QED) is 0.795. The van der Waals surface area contributed by atoms with E-state index in [1.807, 2.05) is 6.92 Å². The fraction of sp³-hybridized carbons (Fsp3) is 0.600. The van der Waals surface area contributed by atoms with Crippen LogP contribution < -0.4 is 10.6 Å². The number of hydrogen-bond donors (Lipinski definition) is 3. The highest BCUT2D eigenvalue weighted by molar-refractivity contribution is 7.16. The van der Waals surface area contributed by atoms with E-state index in [0.29, 0.717) is 10.6 Å². The number of anilines is 1. The number of amides is 2. The number of carbonyl (C=O) groups is 2. The van der Waals surface area contributed by atoms with Crippen molar-refractivity contribution in [2.24, 2.45) is 5.41 Å². The zero-order chi connectivity index (χ0) is 15.8. The molecule has 1 heterocycles. The molecule has 1 saturated carbocycles. The molecule has 0 bridgehead atoms. The Labute approximate surface area is 128 Å². The van der Waals surface area contributed by atoms with Gasteiger partial charge < -0.3 is 10.4 Å². The summed E-state index contributed by atoms with van der Waals surface area (Å²) in [4.78, 5) is 24.3. The molecule has 5 nitrogen and oxygen atoms in total. The van der Waals surface area contributed by atoms with Gasteiger partial charge in [-0.25, -0.2) is 9.59 Å². The summed E-state index contributed by atoms with van der Waals surface area (Å²) in [6.45, 7) is 8.01. The number of aryl methyl sites for hydroxylation is 1. The van der Waals surface area contributed by atoms with Gasteiger partial charge in [0.1, 0.15) is 5.00 Å². The lowest BCUT2D eigenvalue weighted by atomic mass is 9.92. The van der Waals surface area contributed by atoms with Gasteiger partial charge in [-0.1, -0.05) is 13.8 Å². The standard InChI is InChI=1S/C15H22N2O3S/c1-8-9(2)21-12(11(8)13(18)19)17-14(20)16-10-5-6-15(3,4)7-10/h10H,5-7H2,1-4H3,(H,18,19)(H2,16,17,20). The maximum atomic E-state index is 12.1. The molecule has 1 fully saturated rings. The molecule has 6 heteroatoms. The summed E-state index contributed by atoms with van der Waals surface area (Å²) in [5, 5.41) is 15.3. The molecule has 0 spiro atoms. The third-order valence-electron chi connectivity index (χ3n) is 4.13. The highest BCUT2D eigenvalue weighted by Crippen LogP contribution is 2.37. The number of thiophene rings is 1. The summed E-state index contributed by atoms with van der Waals surface area (Å²) in [6.07, 6.45) is 3.01. The molecule has 2 amide bonds. The summed E-state index contributed by atoms with van der Waals surface area (Å²) >= 11 is 1.30. The lowest BCUT2D eigenvalue weighted by Crippen LogP contribution is -2.36. The molecular formula is C15H22N2O3S. The van der Waals surface area contributed by atoms with E-state index in [-0.39, 0.29) is 23.1 Å². The number of hydrogen-bond acceptors (Lipinski definition) is 3. The molecule has 1 aromatic heterocycles. The van der Waals surface area contributed by atoms with E-state index in [4.69, 9.17) is 0 Å². The molecule has 2 rings (SSSR count). The van der Waals surface area contributed by atoms with E-state index in [9.17, 15) is 14.7 Å². The molecule has 1 aromatic rings. The van der Waals surface area contributed by atoms with Gasteiger partial charge in [-0.05, 0) is 44.1 Å². The molecule has 1 unspecified atom stereocenters. The smallest absolute Gasteiger partial charge is 0.338 e. The molecule has 0 radical (unpaired) electrons. The predicted molar refractivity (Wildman–Crippen MR) is 84.3 cm³/mol. The fourth-order valence-corrected chi connectivity index (χ4v) is 3.90. The Balaban J connectivity index is 2.04. The predicted octanol–water partition coefficient (Wildman–Crippen LogP) is 3.76. The average molecular weight is 310 g/mol. The van der Waals surface area contributed by atoms with Crippen molar-refractivity contribution >= 4 is 28.3 Å². The van der Waals surface area contributed by atoms with Crippen LogP contribution in [0.5, 0.6) is 0 Å². The van der Waals surface area contributed by atoms with Gasteiger partial charge in [-0.2, -0.15) is 0 Å². The van der Waals surface area contributed by atoms with Crippen LogP contribution >= 0.6 is 11.3 Å². The number of rotatable bonds is 3. The van der Waals surface area contributed by atoms with Crippen molar-refractivity contribution in [3.8, 4) is 0 Å². The number of carbonyl (C=O) groups excluding carboxylic acids is 1. The lowest BCUT2D eigenvalue weighted by molar-refractivity contribution is 0.0697. The summed E-state index contributed by atoms with van der Waals surface area (Å²) in [7, 11) is 0. The lowest BCUT2D eigenvalue weighted by Gasteiger charge is -2.18. The second-order valence-corrected chi connectivity index (χ2v) is 7.72. The summed E-state index contributed by atoms with van der Waals surface area (Å²) in [5.74, 6) is -1.01. The van der Waals surface area contributed by atoms with E-state index < -0.39 is 5.97 Å². The zero-order valence-electron chi connectivity index (χ0n) is 12.9. The van der Waals surface area contributed by atoms with E-state index in [2.05, 4.69) is 24.5 Å². The molecular weight excluding hydrogens is 288 g/mol. The van der Waals surface area contributed by atoms with Crippen LogP contribution in [0.1, 0.15) is 53.9 Å². The SMILES string of the molecule is Cc1sc(NC(=O)NC2CCC(C)(C)C2)c(C(=O)O)c1C. The minimum atomic E-state index is -1.01. The molecule has 1 atom stereocenters. The first kappa shape index (κ1) is 15.8. The summed E-state index contributed by atoms with van der Waals surface area (Å²) in [5.41, 5.74) is 1.17. The molecule has 3 N–H and O–H groups in total. The Morgan fingerprint density at radius 3 is 2.52 bits per heavy atom. The van der Waals surface area contributed by atoms with E-state index in [0.717, 1.165) is 24.1 Å². The Morgan fingerprint density at radius 2 is 2.00 bits per heavy atom. The van der Waals surface area contributed by atoms with Gasteiger partial charge in [0.25, 0.3) is 0 Å². The van der Waals surface area contributed by atoms with Crippen LogP contribution in [0.15, 0.2) is 0 Å². The summed E-state index contributed by atoms with van der Waals surface area (Å²) < 4.78 is 0. The molecule has 1 aliphatic carbocycles. The molecule has 0 aliphatic heterocycles. The minimum Gasteiger partial charge on any atom is -0.478 e. The van der Waals surface area contributed by atoms with Crippen molar-refractivity contribution in [1.82, 2.24) is 5.32 Å². The third kappa shape index (κ3) is 3.56. The Kier molecular flexibility index (Phi) is 4.27. The van der Waals surface area contributed by atoms with Crippen LogP contribution in [0.25, 0.3) is 0 Å². The van der Waals surface area contributed by atoms with Gasteiger partial charge >= 0.3 is 12.0 Å². The number of carboxylic acid groups (broad SMARTS) is 1. The van der Waals surface area contributed by atoms with Gasteiger partial charge in [0, 0.05) is 10.9 Å². The largest absolute Gasteiger partial charge is 0.478 e. The number of urea groups is 1. The fourth-order valence-electron chi connectivity index (χ4n) is 2.86. The average Bonchev–Trinajstić information content (AvgIpc) is 2.80. The topological polar surface area (TPSA) is 78.4 Å². The van der Waals surface area contributed by atoms with Gasteiger partial charge in [0.05, 0.1) is 5.56 Å². The maximum absolute atomic E-state index is 12.1. The van der Waals surface area contributed by atoms with Crippen molar-refractivity contribution in [3.63, 3.8) is 0 Å². The van der Waals surface area contributed by atoms with Crippen LogP contribution in [0.3, 0.4) is 0 Å². The second kappa shape index (κ2) is 5.67. The first-order chi connectivity index (χ1) is 9.69. The Morgan fingerprint density at radius 1 is 1.33 bits per heavy atom. The highest BCUT2D eigenvalue weighted by atomic mass is 32.1. The number of nitrogens with one attached hydrogen (secondary N) is 2. The van der Waals surface area contributed by atoms with Crippen LogP contribution in [0.2, 0.25) is 0 Å². The van der Waals surface area contributed by atoms with Crippen LogP contribution in [0.4, 0.5) is 9.80 Å². The maximum Gasteiger partial charge on any atom is 0.338 e. The van der Waals surface area contributed by atoms with Gasteiger partial charge in [-0.3, -0.25) is 5.32 Å². The number of aromatic carboxylic acids is 1. The first-order valence-electron chi connectivity index (χ1n) is 7.10. The van der Waals surface area contributed by atoms with Crippen molar-refractivity contribution in [3.05, 3.63) is 16.0 Å². The molecule has 0 saturated heterocycles. The van der Waals surface area contributed by atoms with Crippen molar-refractivity contribution in [2.45, 2.75) is 53.0 Å². The molecule has 1 aliphatic rings. The van der Waals surface area contributed by atoms with E-state index >= 15 is 0 Å². The molecule has 0 aromatic carbocycles.